The van der Waals surface area contributed by atoms with Crippen LogP contribution in [0, 0.1) is 6.92 Å². The van der Waals surface area contributed by atoms with Crippen molar-refractivity contribution >= 4 is 17.1 Å². The lowest BCUT2D eigenvalue weighted by molar-refractivity contribution is -0.118. The van der Waals surface area contributed by atoms with E-state index in [4.69, 9.17) is 0 Å². The van der Waals surface area contributed by atoms with E-state index in [1.165, 1.54) is 9.75 Å². The molecule has 1 aromatic rings. The van der Waals surface area contributed by atoms with Gasteiger partial charge < -0.3 is 5.32 Å². The van der Waals surface area contributed by atoms with Gasteiger partial charge in [-0.05, 0) is 33.0 Å². The molecule has 0 aliphatic heterocycles. The number of nitrogens with one attached hydrogen (secondary N) is 1. The smallest absolute Gasteiger partial charge is 0.147 e. The molecule has 0 radical (unpaired) electrons. The average molecular weight is 197 g/mol. The Labute approximate surface area is 83.0 Å². The molecule has 72 valence electrons. The number of Topliss-reactive ketones (excluding diaryl/α,β-unsaturated/α-hetero) is 1. The standard InChI is InChI=1S/C10H15NOS/c1-7-4-5-9(13-7)6-10(11-3)8(2)12/h4-5,10-11H,6H2,1-3H3/t10-/m1/s1. The summed E-state index contributed by atoms with van der Waals surface area (Å²) >= 11 is 1.76. The van der Waals surface area contributed by atoms with E-state index in [0.29, 0.717) is 0 Å². The molecule has 13 heavy (non-hydrogen) atoms. The Morgan fingerprint density at radius 2 is 2.31 bits per heavy atom. The molecule has 0 spiro atoms. The predicted octanol–water partition coefficient (Wildman–Crippen LogP) is 1.78. The van der Waals surface area contributed by atoms with Crippen LogP contribution in [0.1, 0.15) is 16.7 Å². The first-order chi connectivity index (χ1) is 6.13. The van der Waals surface area contributed by atoms with E-state index in [1.807, 2.05) is 7.05 Å². The molecular weight excluding hydrogens is 182 g/mol. The van der Waals surface area contributed by atoms with E-state index in [0.717, 1.165) is 6.42 Å². The van der Waals surface area contributed by atoms with Crippen LogP contribution in [0.2, 0.25) is 0 Å². The van der Waals surface area contributed by atoms with Gasteiger partial charge in [-0.15, -0.1) is 11.3 Å². The number of aryl methyl sites for hydroxylation is 1. The van der Waals surface area contributed by atoms with E-state index < -0.39 is 0 Å². The summed E-state index contributed by atoms with van der Waals surface area (Å²) in [5.41, 5.74) is 0. The third kappa shape index (κ3) is 2.94. The van der Waals surface area contributed by atoms with Gasteiger partial charge in [0.15, 0.2) is 0 Å². The van der Waals surface area contributed by atoms with Gasteiger partial charge in [0, 0.05) is 16.2 Å². The van der Waals surface area contributed by atoms with Crippen molar-refractivity contribution in [2.75, 3.05) is 7.05 Å². The molecule has 0 aromatic carbocycles. The van der Waals surface area contributed by atoms with Crippen molar-refractivity contribution in [1.82, 2.24) is 5.32 Å². The zero-order valence-corrected chi connectivity index (χ0v) is 9.07. The summed E-state index contributed by atoms with van der Waals surface area (Å²) in [6.45, 7) is 3.71. The van der Waals surface area contributed by atoms with Gasteiger partial charge in [0.05, 0.1) is 6.04 Å². The average Bonchev–Trinajstić information content (AvgIpc) is 2.46. The molecule has 1 aromatic heterocycles. The molecular formula is C10H15NOS. The maximum Gasteiger partial charge on any atom is 0.147 e. The zero-order valence-electron chi connectivity index (χ0n) is 8.26. The first-order valence-corrected chi connectivity index (χ1v) is 5.18. The summed E-state index contributed by atoms with van der Waals surface area (Å²) in [6, 6.07) is 4.15. The minimum Gasteiger partial charge on any atom is -0.310 e. The van der Waals surface area contributed by atoms with Crippen LogP contribution in [0.15, 0.2) is 12.1 Å². The summed E-state index contributed by atoms with van der Waals surface area (Å²) in [6.07, 6.45) is 0.810. The van der Waals surface area contributed by atoms with Crippen LogP contribution in [0.4, 0.5) is 0 Å². The van der Waals surface area contributed by atoms with E-state index in [2.05, 4.69) is 24.4 Å². The minimum atomic E-state index is -0.0296. The van der Waals surface area contributed by atoms with Crippen molar-refractivity contribution in [3.63, 3.8) is 0 Å². The van der Waals surface area contributed by atoms with Crippen LogP contribution in [-0.4, -0.2) is 18.9 Å². The fourth-order valence-electron chi connectivity index (χ4n) is 1.25. The first-order valence-electron chi connectivity index (χ1n) is 4.36. The second-order valence-corrected chi connectivity index (χ2v) is 4.54. The number of ketones is 1. The highest BCUT2D eigenvalue weighted by molar-refractivity contribution is 7.11. The Hall–Kier alpha value is -0.670. The van der Waals surface area contributed by atoms with Crippen molar-refractivity contribution in [1.29, 1.82) is 0 Å². The van der Waals surface area contributed by atoms with Crippen molar-refractivity contribution in [2.24, 2.45) is 0 Å². The van der Waals surface area contributed by atoms with Crippen LogP contribution in [0.5, 0.6) is 0 Å². The summed E-state index contributed by atoms with van der Waals surface area (Å²) in [5.74, 6) is 0.202. The van der Waals surface area contributed by atoms with Crippen molar-refractivity contribution < 1.29 is 4.79 Å². The Kier molecular flexibility index (Phi) is 3.63. The fourth-order valence-corrected chi connectivity index (χ4v) is 2.18. The van der Waals surface area contributed by atoms with Gasteiger partial charge in [-0.1, -0.05) is 0 Å². The largest absolute Gasteiger partial charge is 0.310 e. The molecule has 0 aliphatic rings. The number of hydrogen-bond acceptors (Lipinski definition) is 3. The van der Waals surface area contributed by atoms with E-state index in [9.17, 15) is 4.79 Å². The molecule has 0 aliphatic carbocycles. The second kappa shape index (κ2) is 4.53. The molecule has 0 bridgehead atoms. The van der Waals surface area contributed by atoms with Gasteiger partial charge >= 0.3 is 0 Å². The highest BCUT2D eigenvalue weighted by atomic mass is 32.1. The summed E-state index contributed by atoms with van der Waals surface area (Å²) in [7, 11) is 1.83. The van der Waals surface area contributed by atoms with Gasteiger partial charge in [0.1, 0.15) is 5.78 Å². The quantitative estimate of drug-likeness (QED) is 0.797. The molecule has 0 amide bonds. The molecule has 1 N–H and O–H groups in total. The number of carbonyl (C=O) groups is 1. The highest BCUT2D eigenvalue weighted by Gasteiger charge is 2.12. The molecule has 0 fully saturated rings. The minimum absolute atomic E-state index is 0.0296. The summed E-state index contributed by atoms with van der Waals surface area (Å²) in [4.78, 5) is 13.7. The summed E-state index contributed by atoms with van der Waals surface area (Å²) < 4.78 is 0. The SMILES string of the molecule is CN[C@H](Cc1ccc(C)s1)C(C)=O. The van der Waals surface area contributed by atoms with Gasteiger partial charge in [-0.2, -0.15) is 0 Å². The number of thiophene rings is 1. The van der Waals surface area contributed by atoms with Crippen molar-refractivity contribution in [3.05, 3.63) is 21.9 Å². The number of hydrogen-bond donors (Lipinski definition) is 1. The molecule has 2 nitrogen and oxygen atoms in total. The topological polar surface area (TPSA) is 29.1 Å². The Bertz CT molecular complexity index is 293. The lowest BCUT2D eigenvalue weighted by atomic mass is 10.1. The number of rotatable bonds is 4. The van der Waals surface area contributed by atoms with Crippen molar-refractivity contribution in [2.45, 2.75) is 26.3 Å². The van der Waals surface area contributed by atoms with Crippen LogP contribution in [0.3, 0.4) is 0 Å². The van der Waals surface area contributed by atoms with Crippen molar-refractivity contribution in [3.8, 4) is 0 Å². The Morgan fingerprint density at radius 3 is 2.69 bits per heavy atom. The van der Waals surface area contributed by atoms with Gasteiger partial charge in [-0.3, -0.25) is 4.79 Å². The van der Waals surface area contributed by atoms with E-state index >= 15 is 0 Å². The third-order valence-electron chi connectivity index (χ3n) is 2.04. The molecule has 3 heteroatoms. The van der Waals surface area contributed by atoms with Gasteiger partial charge in [0.2, 0.25) is 0 Å². The molecule has 0 saturated carbocycles. The normalized spacial score (nSPS) is 12.8. The zero-order chi connectivity index (χ0) is 9.84. The van der Waals surface area contributed by atoms with Gasteiger partial charge in [0.25, 0.3) is 0 Å². The molecule has 1 atom stereocenters. The number of carbonyl (C=O) groups excluding carboxylic acids is 1. The Balaban J connectivity index is 2.61. The first kappa shape index (κ1) is 10.4. The fraction of sp³-hybridized carbons (Fsp3) is 0.500. The summed E-state index contributed by atoms with van der Waals surface area (Å²) in [5, 5.41) is 3.02. The Morgan fingerprint density at radius 1 is 1.62 bits per heavy atom. The lowest BCUT2D eigenvalue weighted by Gasteiger charge is -2.10. The van der Waals surface area contributed by atoms with Crippen LogP contribution >= 0.6 is 11.3 Å². The third-order valence-corrected chi connectivity index (χ3v) is 3.06. The molecule has 1 heterocycles. The van der Waals surface area contributed by atoms with Crippen LogP contribution in [0.25, 0.3) is 0 Å². The maximum atomic E-state index is 11.1. The van der Waals surface area contributed by atoms with E-state index in [1.54, 1.807) is 18.3 Å². The molecule has 0 unspecified atom stereocenters. The number of likely N-dealkylation sites (N-methyl/N-ethyl adjacent to an activating group) is 1. The van der Waals surface area contributed by atoms with Crippen LogP contribution in [-0.2, 0) is 11.2 Å². The lowest BCUT2D eigenvalue weighted by Crippen LogP contribution is -2.33. The molecule has 0 saturated heterocycles. The van der Waals surface area contributed by atoms with E-state index in [-0.39, 0.29) is 11.8 Å². The second-order valence-electron chi connectivity index (χ2n) is 3.17. The maximum absolute atomic E-state index is 11.1. The monoisotopic (exact) mass is 197 g/mol. The highest BCUT2D eigenvalue weighted by Crippen LogP contribution is 2.16. The van der Waals surface area contributed by atoms with Crippen LogP contribution < -0.4 is 5.32 Å². The molecule has 1 rings (SSSR count). The predicted molar refractivity (Wildman–Crippen MR) is 56.3 cm³/mol. The van der Waals surface area contributed by atoms with Gasteiger partial charge in [-0.25, -0.2) is 0 Å².